The number of thiazole rings is 1. The van der Waals surface area contributed by atoms with Crippen LogP contribution in [0, 0.1) is 0 Å². The summed E-state index contributed by atoms with van der Waals surface area (Å²) in [6.45, 7) is 0.600. The Bertz CT molecular complexity index is 1450. The molecular formula is C21H16N6OS. The van der Waals surface area contributed by atoms with E-state index in [-0.39, 0.29) is 5.56 Å². The maximum atomic E-state index is 13.1. The maximum Gasteiger partial charge on any atom is 0.261 e. The third-order valence-corrected chi connectivity index (χ3v) is 6.35. The van der Waals surface area contributed by atoms with Gasteiger partial charge in [-0.2, -0.15) is 9.78 Å². The van der Waals surface area contributed by atoms with Crippen LogP contribution in [0.1, 0.15) is 12.1 Å². The minimum atomic E-state index is -0.0365. The molecule has 29 heavy (non-hydrogen) atoms. The Morgan fingerprint density at radius 1 is 1.00 bits per heavy atom. The first-order valence-corrected chi connectivity index (χ1v) is 10.3. The number of para-hydroxylation sites is 2. The lowest BCUT2D eigenvalue weighted by Crippen LogP contribution is -2.23. The van der Waals surface area contributed by atoms with Crippen LogP contribution < -0.4 is 11.3 Å². The Hall–Kier alpha value is -3.52. The van der Waals surface area contributed by atoms with Crippen molar-refractivity contribution in [2.24, 2.45) is 0 Å². The number of nitrogens with zero attached hydrogens (tertiary/aromatic N) is 5. The van der Waals surface area contributed by atoms with Gasteiger partial charge in [0.05, 0.1) is 32.4 Å². The van der Waals surface area contributed by atoms with Crippen molar-refractivity contribution in [3.05, 3.63) is 64.6 Å². The van der Waals surface area contributed by atoms with Crippen molar-refractivity contribution in [3.63, 3.8) is 0 Å². The lowest BCUT2D eigenvalue weighted by molar-refractivity contribution is 0.629. The zero-order valence-corrected chi connectivity index (χ0v) is 16.2. The minimum absolute atomic E-state index is 0.0365. The van der Waals surface area contributed by atoms with Crippen LogP contribution in [-0.2, 0) is 13.0 Å². The van der Waals surface area contributed by atoms with E-state index in [9.17, 15) is 4.79 Å². The van der Waals surface area contributed by atoms with Gasteiger partial charge in [-0.1, -0.05) is 35.6 Å². The largest absolute Gasteiger partial charge is 0.383 e. The summed E-state index contributed by atoms with van der Waals surface area (Å²) in [5, 5.41) is 6.11. The molecule has 0 spiro atoms. The van der Waals surface area contributed by atoms with Gasteiger partial charge in [0.1, 0.15) is 11.6 Å². The number of hydrogen-bond donors (Lipinski definition) is 1. The van der Waals surface area contributed by atoms with Crippen molar-refractivity contribution >= 4 is 38.3 Å². The summed E-state index contributed by atoms with van der Waals surface area (Å²) in [5.41, 5.74) is 9.71. The van der Waals surface area contributed by atoms with Crippen LogP contribution >= 0.6 is 11.3 Å². The van der Waals surface area contributed by atoms with Gasteiger partial charge in [0.25, 0.3) is 5.56 Å². The standard InChI is InChI=1S/C21H16N6OS/c22-18-17-15(25-27(18)21-24-14-8-3-4-10-16(14)29-21)9-5-11-26-19(17)23-13-7-2-1-6-12(13)20(26)28/h1-4,6-8,10H,5,9,11,22H2. The van der Waals surface area contributed by atoms with Gasteiger partial charge < -0.3 is 5.73 Å². The van der Waals surface area contributed by atoms with Crippen molar-refractivity contribution in [1.82, 2.24) is 24.3 Å². The Balaban J connectivity index is 1.63. The predicted octanol–water partition coefficient (Wildman–Crippen LogP) is 3.39. The number of fused-ring (bicyclic) bond motifs is 5. The van der Waals surface area contributed by atoms with E-state index in [4.69, 9.17) is 15.8 Å². The summed E-state index contributed by atoms with van der Waals surface area (Å²) in [4.78, 5) is 22.6. The number of aryl methyl sites for hydroxylation is 1. The van der Waals surface area contributed by atoms with E-state index < -0.39 is 0 Å². The monoisotopic (exact) mass is 400 g/mol. The molecule has 0 bridgehead atoms. The predicted molar refractivity (Wildman–Crippen MR) is 114 cm³/mol. The Labute approximate surface area is 169 Å². The quantitative estimate of drug-likeness (QED) is 0.466. The number of benzene rings is 2. The van der Waals surface area contributed by atoms with Crippen LogP contribution in [0.15, 0.2) is 53.3 Å². The summed E-state index contributed by atoms with van der Waals surface area (Å²) < 4.78 is 4.50. The number of nitrogens with two attached hydrogens (primary N) is 1. The van der Waals surface area contributed by atoms with Crippen LogP contribution in [-0.4, -0.2) is 24.3 Å². The van der Waals surface area contributed by atoms with E-state index in [0.717, 1.165) is 34.3 Å². The van der Waals surface area contributed by atoms with E-state index in [1.807, 2.05) is 48.5 Å². The third-order valence-electron chi connectivity index (χ3n) is 5.34. The van der Waals surface area contributed by atoms with Gasteiger partial charge in [-0.05, 0) is 37.1 Å². The molecular weight excluding hydrogens is 384 g/mol. The van der Waals surface area contributed by atoms with E-state index in [1.54, 1.807) is 20.6 Å². The van der Waals surface area contributed by atoms with Gasteiger partial charge in [-0.15, -0.1) is 0 Å². The Morgan fingerprint density at radius 3 is 2.66 bits per heavy atom. The first kappa shape index (κ1) is 16.4. The van der Waals surface area contributed by atoms with Gasteiger partial charge in [0.15, 0.2) is 0 Å². The molecule has 4 heterocycles. The molecule has 0 saturated carbocycles. The molecule has 142 valence electrons. The Morgan fingerprint density at radius 2 is 1.79 bits per heavy atom. The van der Waals surface area contributed by atoms with Gasteiger partial charge in [-0.25, -0.2) is 9.97 Å². The molecule has 2 N–H and O–H groups in total. The number of anilines is 1. The van der Waals surface area contributed by atoms with Crippen molar-refractivity contribution in [3.8, 4) is 16.5 Å². The fourth-order valence-corrected chi connectivity index (χ4v) is 4.90. The topological polar surface area (TPSA) is 91.6 Å². The molecule has 0 amide bonds. The van der Waals surface area contributed by atoms with E-state index in [2.05, 4.69) is 4.98 Å². The molecule has 1 aliphatic rings. The molecule has 1 aliphatic heterocycles. The second kappa shape index (κ2) is 5.99. The van der Waals surface area contributed by atoms with Gasteiger partial charge in [0, 0.05) is 6.54 Å². The van der Waals surface area contributed by atoms with Crippen molar-refractivity contribution in [2.45, 2.75) is 19.4 Å². The van der Waals surface area contributed by atoms with Gasteiger partial charge >= 0.3 is 0 Å². The van der Waals surface area contributed by atoms with E-state index in [1.165, 1.54) is 0 Å². The second-order valence-electron chi connectivity index (χ2n) is 7.10. The van der Waals surface area contributed by atoms with Crippen molar-refractivity contribution in [1.29, 1.82) is 0 Å². The summed E-state index contributed by atoms with van der Waals surface area (Å²) >= 11 is 1.54. The second-order valence-corrected chi connectivity index (χ2v) is 8.10. The first-order valence-electron chi connectivity index (χ1n) is 9.44. The Kier molecular flexibility index (Phi) is 3.39. The fraction of sp³-hybridized carbons (Fsp3) is 0.143. The summed E-state index contributed by atoms with van der Waals surface area (Å²) in [6.07, 6.45) is 1.53. The number of nitrogen functional groups attached to an aromatic ring is 1. The summed E-state index contributed by atoms with van der Waals surface area (Å²) in [5.74, 6) is 1.06. The zero-order valence-electron chi connectivity index (χ0n) is 15.4. The molecule has 2 aromatic carbocycles. The molecule has 7 nitrogen and oxygen atoms in total. The highest BCUT2D eigenvalue weighted by atomic mass is 32.1. The van der Waals surface area contributed by atoms with Crippen LogP contribution in [0.2, 0.25) is 0 Å². The highest BCUT2D eigenvalue weighted by Crippen LogP contribution is 2.35. The molecule has 0 fully saturated rings. The van der Waals surface area contributed by atoms with Crippen LogP contribution in [0.25, 0.3) is 37.6 Å². The molecule has 0 saturated heterocycles. The SMILES string of the molecule is Nc1c2c(nn1-c1nc3ccccc3s1)CCCn1c-2nc2ccccc2c1=O. The summed E-state index contributed by atoms with van der Waals surface area (Å²) in [7, 11) is 0. The number of rotatable bonds is 1. The van der Waals surface area contributed by atoms with E-state index >= 15 is 0 Å². The average molecular weight is 400 g/mol. The van der Waals surface area contributed by atoms with Crippen molar-refractivity contribution in [2.75, 3.05) is 5.73 Å². The molecule has 5 aromatic rings. The zero-order chi connectivity index (χ0) is 19.5. The third kappa shape index (κ3) is 2.35. The lowest BCUT2D eigenvalue weighted by atomic mass is 10.1. The van der Waals surface area contributed by atoms with Gasteiger partial charge in [-0.3, -0.25) is 9.36 Å². The van der Waals surface area contributed by atoms with Crippen LogP contribution in [0.4, 0.5) is 5.82 Å². The summed E-state index contributed by atoms with van der Waals surface area (Å²) in [6, 6.07) is 15.4. The number of hydrogen-bond acceptors (Lipinski definition) is 6. The lowest BCUT2D eigenvalue weighted by Gasteiger charge is -2.11. The highest BCUT2D eigenvalue weighted by molar-refractivity contribution is 7.20. The smallest absolute Gasteiger partial charge is 0.261 e. The maximum absolute atomic E-state index is 13.1. The molecule has 0 unspecified atom stereocenters. The van der Waals surface area contributed by atoms with Crippen molar-refractivity contribution < 1.29 is 0 Å². The highest BCUT2D eigenvalue weighted by Gasteiger charge is 2.26. The molecule has 3 aromatic heterocycles. The average Bonchev–Trinajstić information content (AvgIpc) is 3.24. The molecule has 8 heteroatoms. The van der Waals surface area contributed by atoms with Gasteiger partial charge in [0.2, 0.25) is 5.13 Å². The molecule has 6 rings (SSSR count). The minimum Gasteiger partial charge on any atom is -0.383 e. The first-order chi connectivity index (χ1) is 14.2. The molecule has 0 aliphatic carbocycles. The van der Waals surface area contributed by atoms with E-state index in [0.29, 0.717) is 34.2 Å². The fourth-order valence-electron chi connectivity index (χ4n) is 3.96. The molecule has 0 radical (unpaired) electrons. The van der Waals surface area contributed by atoms with Crippen LogP contribution in [0.5, 0.6) is 0 Å². The van der Waals surface area contributed by atoms with Crippen LogP contribution in [0.3, 0.4) is 0 Å². The molecule has 0 atom stereocenters. The number of aromatic nitrogens is 5. The normalized spacial score (nSPS) is 13.4.